The van der Waals surface area contributed by atoms with Gasteiger partial charge in [0.15, 0.2) is 0 Å². The van der Waals surface area contributed by atoms with E-state index >= 15 is 0 Å². The third-order valence-electron chi connectivity index (χ3n) is 2.49. The van der Waals surface area contributed by atoms with E-state index in [2.05, 4.69) is 5.32 Å². The van der Waals surface area contributed by atoms with E-state index in [0.29, 0.717) is 6.04 Å². The van der Waals surface area contributed by atoms with Gasteiger partial charge in [0.2, 0.25) is 0 Å². The van der Waals surface area contributed by atoms with Gasteiger partial charge in [0, 0.05) is 12.1 Å². The number of ether oxygens (including phenoxy) is 1. The van der Waals surface area contributed by atoms with Crippen LogP contribution in [0.5, 0.6) is 0 Å². The number of halogens is 1. The van der Waals surface area contributed by atoms with Crippen molar-refractivity contribution in [1.82, 2.24) is 5.32 Å². The molecule has 16 heavy (non-hydrogen) atoms. The molecule has 5 heteroatoms. The quantitative estimate of drug-likeness (QED) is 0.750. The van der Waals surface area contributed by atoms with Gasteiger partial charge >= 0.3 is 6.09 Å². The molecule has 0 spiro atoms. The van der Waals surface area contributed by atoms with Crippen LogP contribution in [0, 0.1) is 0 Å². The average Bonchev–Trinajstić information content (AvgIpc) is 2.05. The molecule has 1 rings (SSSR count). The Morgan fingerprint density at radius 2 is 1.75 bits per heavy atom. The lowest BCUT2D eigenvalue weighted by Crippen LogP contribution is -2.42. The van der Waals surface area contributed by atoms with Crippen LogP contribution in [0.1, 0.15) is 46.5 Å². The molecule has 0 aromatic heterocycles. The Morgan fingerprint density at radius 1 is 1.25 bits per heavy atom. The molecular formula is C11H23ClN2O2. The van der Waals surface area contributed by atoms with Gasteiger partial charge in [-0.3, -0.25) is 0 Å². The van der Waals surface area contributed by atoms with E-state index in [9.17, 15) is 4.79 Å². The van der Waals surface area contributed by atoms with E-state index < -0.39 is 5.60 Å². The first-order valence-electron chi connectivity index (χ1n) is 5.62. The molecule has 0 unspecified atom stereocenters. The van der Waals surface area contributed by atoms with Gasteiger partial charge in [-0.25, -0.2) is 4.79 Å². The number of carbonyl (C=O) groups excluding carboxylic acids is 1. The predicted octanol–water partition coefficient (Wildman–Crippen LogP) is 2.20. The highest BCUT2D eigenvalue weighted by molar-refractivity contribution is 5.85. The first-order chi connectivity index (χ1) is 6.87. The Kier molecular flexibility index (Phi) is 6.11. The molecule has 0 saturated heterocycles. The predicted molar refractivity (Wildman–Crippen MR) is 66.8 cm³/mol. The number of nitrogens with one attached hydrogen (secondary N) is 1. The lowest BCUT2D eigenvalue weighted by atomic mass is 9.92. The van der Waals surface area contributed by atoms with E-state index in [4.69, 9.17) is 10.5 Å². The highest BCUT2D eigenvalue weighted by Crippen LogP contribution is 2.17. The molecule has 0 heterocycles. The summed E-state index contributed by atoms with van der Waals surface area (Å²) in [7, 11) is 0. The van der Waals surface area contributed by atoms with Gasteiger partial charge < -0.3 is 15.8 Å². The standard InChI is InChI=1S/C11H22N2O2.ClH/c1-11(2,3)15-10(14)13-9-6-4-8(12)5-7-9;/h8-9H,4-7,12H2,1-3H3,(H,13,14);1H/t8-,9-;. The van der Waals surface area contributed by atoms with Crippen molar-refractivity contribution in [1.29, 1.82) is 0 Å². The molecule has 0 aromatic rings. The average molecular weight is 251 g/mol. The largest absolute Gasteiger partial charge is 0.444 e. The van der Waals surface area contributed by atoms with Crippen LogP contribution < -0.4 is 11.1 Å². The van der Waals surface area contributed by atoms with Crippen molar-refractivity contribution in [2.75, 3.05) is 0 Å². The number of alkyl carbamates (subject to hydrolysis) is 1. The maximum absolute atomic E-state index is 11.4. The Balaban J connectivity index is 0.00000225. The molecule has 0 atom stereocenters. The van der Waals surface area contributed by atoms with Gasteiger partial charge in [-0.1, -0.05) is 0 Å². The number of amides is 1. The second-order valence-corrected chi connectivity index (χ2v) is 5.26. The Bertz CT molecular complexity index is 221. The van der Waals surface area contributed by atoms with Crippen LogP contribution in [-0.4, -0.2) is 23.8 Å². The van der Waals surface area contributed by atoms with Crippen LogP contribution in [-0.2, 0) is 4.74 Å². The van der Waals surface area contributed by atoms with E-state index in [0.717, 1.165) is 25.7 Å². The molecule has 4 nitrogen and oxygen atoms in total. The maximum atomic E-state index is 11.4. The number of carbonyl (C=O) groups is 1. The summed E-state index contributed by atoms with van der Waals surface area (Å²) < 4.78 is 5.19. The number of rotatable bonds is 1. The fraction of sp³-hybridized carbons (Fsp3) is 0.909. The Labute approximate surface area is 104 Å². The summed E-state index contributed by atoms with van der Waals surface area (Å²) in [6.07, 6.45) is 3.57. The summed E-state index contributed by atoms with van der Waals surface area (Å²) in [6, 6.07) is 0.543. The zero-order valence-electron chi connectivity index (χ0n) is 10.3. The molecular weight excluding hydrogens is 228 g/mol. The highest BCUT2D eigenvalue weighted by atomic mass is 35.5. The zero-order chi connectivity index (χ0) is 11.5. The van der Waals surface area contributed by atoms with E-state index in [1.54, 1.807) is 0 Å². The monoisotopic (exact) mass is 250 g/mol. The normalized spacial score (nSPS) is 25.5. The van der Waals surface area contributed by atoms with Crippen LogP contribution >= 0.6 is 12.4 Å². The smallest absolute Gasteiger partial charge is 0.407 e. The molecule has 1 saturated carbocycles. The summed E-state index contributed by atoms with van der Waals surface area (Å²) in [5.41, 5.74) is 5.36. The first-order valence-corrected chi connectivity index (χ1v) is 5.62. The maximum Gasteiger partial charge on any atom is 0.407 e. The molecule has 0 aromatic carbocycles. The van der Waals surface area contributed by atoms with Crippen molar-refractivity contribution in [2.24, 2.45) is 5.73 Å². The SMILES string of the molecule is CC(C)(C)OC(=O)N[C@H]1CC[C@H](N)CC1.Cl. The second kappa shape index (κ2) is 6.30. The minimum atomic E-state index is -0.421. The van der Waals surface area contributed by atoms with E-state index in [1.807, 2.05) is 20.8 Å². The van der Waals surface area contributed by atoms with Crippen molar-refractivity contribution >= 4 is 18.5 Å². The molecule has 1 aliphatic rings. The zero-order valence-corrected chi connectivity index (χ0v) is 11.1. The molecule has 1 amide bonds. The number of nitrogens with two attached hydrogens (primary N) is 1. The van der Waals surface area contributed by atoms with Gasteiger partial charge in [-0.2, -0.15) is 0 Å². The highest BCUT2D eigenvalue weighted by Gasteiger charge is 2.22. The summed E-state index contributed by atoms with van der Waals surface area (Å²) in [6.45, 7) is 5.59. The lowest BCUT2D eigenvalue weighted by Gasteiger charge is -2.28. The number of hydrogen-bond donors (Lipinski definition) is 2. The third kappa shape index (κ3) is 6.18. The Morgan fingerprint density at radius 3 is 2.19 bits per heavy atom. The minimum absolute atomic E-state index is 0. The minimum Gasteiger partial charge on any atom is -0.444 e. The summed E-state index contributed by atoms with van der Waals surface area (Å²) >= 11 is 0. The van der Waals surface area contributed by atoms with Gasteiger partial charge in [-0.05, 0) is 46.5 Å². The second-order valence-electron chi connectivity index (χ2n) is 5.26. The van der Waals surface area contributed by atoms with Gasteiger partial charge in [0.25, 0.3) is 0 Å². The summed E-state index contributed by atoms with van der Waals surface area (Å²) in [5.74, 6) is 0. The van der Waals surface area contributed by atoms with Gasteiger partial charge in [-0.15, -0.1) is 12.4 Å². The molecule has 96 valence electrons. The molecule has 1 fully saturated rings. The molecule has 0 aliphatic heterocycles. The van der Waals surface area contributed by atoms with Crippen LogP contribution in [0.25, 0.3) is 0 Å². The summed E-state index contributed by atoms with van der Waals surface area (Å²) in [4.78, 5) is 11.4. The fourth-order valence-corrected chi connectivity index (χ4v) is 1.74. The number of hydrogen-bond acceptors (Lipinski definition) is 3. The molecule has 1 aliphatic carbocycles. The fourth-order valence-electron chi connectivity index (χ4n) is 1.74. The van der Waals surface area contributed by atoms with Gasteiger partial charge in [0.05, 0.1) is 0 Å². The first kappa shape index (κ1) is 15.5. The molecule has 0 bridgehead atoms. The van der Waals surface area contributed by atoms with Crippen LogP contribution in [0.4, 0.5) is 4.79 Å². The van der Waals surface area contributed by atoms with Crippen molar-refractivity contribution in [2.45, 2.75) is 64.1 Å². The van der Waals surface area contributed by atoms with Crippen LogP contribution in [0.15, 0.2) is 0 Å². The van der Waals surface area contributed by atoms with Crippen molar-refractivity contribution in [3.05, 3.63) is 0 Å². The van der Waals surface area contributed by atoms with Crippen LogP contribution in [0.2, 0.25) is 0 Å². The van der Waals surface area contributed by atoms with E-state index in [-0.39, 0.29) is 24.5 Å². The topological polar surface area (TPSA) is 64.3 Å². The third-order valence-corrected chi connectivity index (χ3v) is 2.49. The van der Waals surface area contributed by atoms with E-state index in [1.165, 1.54) is 0 Å². The summed E-state index contributed by atoms with van der Waals surface area (Å²) in [5, 5.41) is 2.88. The van der Waals surface area contributed by atoms with Crippen molar-refractivity contribution in [3.63, 3.8) is 0 Å². The molecule has 0 radical (unpaired) electrons. The lowest BCUT2D eigenvalue weighted by molar-refractivity contribution is 0.0491. The van der Waals surface area contributed by atoms with Crippen LogP contribution in [0.3, 0.4) is 0 Å². The van der Waals surface area contributed by atoms with Crippen molar-refractivity contribution in [3.8, 4) is 0 Å². The van der Waals surface area contributed by atoms with Crippen molar-refractivity contribution < 1.29 is 9.53 Å². The molecule has 3 N–H and O–H groups in total. The van der Waals surface area contributed by atoms with Gasteiger partial charge in [0.1, 0.15) is 5.60 Å². The Hall–Kier alpha value is -0.480.